The molecule has 3 nitrogen and oxygen atoms in total. The van der Waals surface area contributed by atoms with Gasteiger partial charge in [-0.05, 0) is 6.42 Å². The molecule has 0 fully saturated rings. The summed E-state index contributed by atoms with van der Waals surface area (Å²) in [6.45, 7) is 2.89. The zero-order chi connectivity index (χ0) is 7.52. The lowest BCUT2D eigenvalue weighted by atomic mass is 10.2. The molecule has 0 saturated carbocycles. The molecule has 1 atom stereocenters. The summed E-state index contributed by atoms with van der Waals surface area (Å²) in [5, 5.41) is 3.31. The Morgan fingerprint density at radius 1 is 1.45 bits per heavy atom. The number of hydrogen-bond acceptors (Lipinski definition) is 3. The van der Waals surface area contributed by atoms with Gasteiger partial charge in [0.2, 0.25) is 0 Å². The number of fused-ring (bicyclic) bond motifs is 1. The third-order valence-corrected chi connectivity index (χ3v) is 2.15. The van der Waals surface area contributed by atoms with Crippen LogP contribution in [0.25, 0.3) is 0 Å². The molecule has 0 aromatic carbocycles. The predicted octanol–water partition coefficient (Wildman–Crippen LogP) is 0.206. The number of hydrogen-bond donors (Lipinski definition) is 1. The van der Waals surface area contributed by atoms with Crippen LogP contribution in [0.1, 0.15) is 6.42 Å². The molecule has 1 unspecified atom stereocenters. The van der Waals surface area contributed by atoms with E-state index >= 15 is 0 Å². The second-order valence-corrected chi connectivity index (χ2v) is 2.97. The Hall–Kier alpha value is -0.830. The highest BCUT2D eigenvalue weighted by molar-refractivity contribution is 5.58. The zero-order valence-electron chi connectivity index (χ0n) is 6.53. The van der Waals surface area contributed by atoms with Crippen molar-refractivity contribution in [3.05, 3.63) is 12.2 Å². The van der Waals surface area contributed by atoms with E-state index < -0.39 is 0 Å². The lowest BCUT2D eigenvalue weighted by Gasteiger charge is -2.24. The van der Waals surface area contributed by atoms with Gasteiger partial charge in [-0.3, -0.25) is 10.3 Å². The van der Waals surface area contributed by atoms with Gasteiger partial charge in [-0.25, -0.2) is 0 Å². The molecule has 11 heavy (non-hydrogen) atoms. The predicted molar refractivity (Wildman–Crippen MR) is 45.6 cm³/mol. The lowest BCUT2D eigenvalue weighted by molar-refractivity contribution is 0.326. The average molecular weight is 151 g/mol. The molecule has 2 rings (SSSR count). The molecule has 0 bridgehead atoms. The average Bonchev–Trinajstić information content (AvgIpc) is 2.35. The fourth-order valence-corrected chi connectivity index (χ4v) is 1.47. The number of nitrogens with zero attached hydrogens (tertiary/aromatic N) is 2. The van der Waals surface area contributed by atoms with Gasteiger partial charge in [0.15, 0.2) is 0 Å². The summed E-state index contributed by atoms with van der Waals surface area (Å²) in [5.41, 5.74) is 0. The summed E-state index contributed by atoms with van der Waals surface area (Å²) in [7, 11) is 0. The minimum absolute atomic E-state index is 0.610. The second-order valence-electron chi connectivity index (χ2n) is 2.97. The summed E-state index contributed by atoms with van der Waals surface area (Å²) in [6, 6.07) is 0.610. The van der Waals surface area contributed by atoms with Crippen LogP contribution in [0.3, 0.4) is 0 Å². The van der Waals surface area contributed by atoms with Crippen LogP contribution in [0.15, 0.2) is 17.1 Å². The highest BCUT2D eigenvalue weighted by atomic mass is 15.3. The third kappa shape index (κ3) is 1.43. The van der Waals surface area contributed by atoms with Crippen LogP contribution in [0.5, 0.6) is 0 Å². The van der Waals surface area contributed by atoms with Gasteiger partial charge in [-0.15, -0.1) is 0 Å². The highest BCUT2D eigenvalue weighted by Crippen LogP contribution is 2.09. The largest absolute Gasteiger partial charge is 0.345 e. The van der Waals surface area contributed by atoms with Crippen molar-refractivity contribution in [1.29, 1.82) is 0 Å². The van der Waals surface area contributed by atoms with Gasteiger partial charge in [0.05, 0.1) is 25.6 Å². The third-order valence-electron chi connectivity index (χ3n) is 2.15. The molecule has 0 spiro atoms. The molecule has 1 N–H and O–H groups in total. The van der Waals surface area contributed by atoms with E-state index in [4.69, 9.17) is 0 Å². The standard InChI is InChI=1S/C8H13N3/c1-2-4-9-6-11-7-10-5-8(11)3-1/h1-2,7-9H,3-6H2/b2-1-. The van der Waals surface area contributed by atoms with Gasteiger partial charge in [0.25, 0.3) is 0 Å². The van der Waals surface area contributed by atoms with Crippen LogP contribution in [0, 0.1) is 0 Å². The summed E-state index contributed by atoms with van der Waals surface area (Å²) < 4.78 is 0. The molecule has 0 saturated heterocycles. The van der Waals surface area contributed by atoms with E-state index in [-0.39, 0.29) is 0 Å². The van der Waals surface area contributed by atoms with Crippen molar-refractivity contribution in [3.63, 3.8) is 0 Å². The Labute approximate surface area is 66.8 Å². The summed E-state index contributed by atoms with van der Waals surface area (Å²) >= 11 is 0. The van der Waals surface area contributed by atoms with Crippen LogP contribution < -0.4 is 5.32 Å². The topological polar surface area (TPSA) is 27.6 Å². The molecule has 2 heterocycles. The van der Waals surface area contributed by atoms with Crippen molar-refractivity contribution < 1.29 is 0 Å². The first-order chi connectivity index (χ1) is 5.47. The lowest BCUT2D eigenvalue weighted by Crippen LogP contribution is -2.39. The summed E-state index contributed by atoms with van der Waals surface area (Å²) in [6.07, 6.45) is 7.52. The van der Waals surface area contributed by atoms with Gasteiger partial charge in [-0.1, -0.05) is 12.2 Å². The molecule has 60 valence electrons. The van der Waals surface area contributed by atoms with Crippen molar-refractivity contribution in [3.8, 4) is 0 Å². The molecular weight excluding hydrogens is 138 g/mol. The van der Waals surface area contributed by atoms with Crippen LogP contribution in [0.4, 0.5) is 0 Å². The van der Waals surface area contributed by atoms with E-state index in [2.05, 4.69) is 27.4 Å². The highest BCUT2D eigenvalue weighted by Gasteiger charge is 2.18. The van der Waals surface area contributed by atoms with Crippen LogP contribution in [0.2, 0.25) is 0 Å². The second kappa shape index (κ2) is 3.05. The minimum Gasteiger partial charge on any atom is -0.345 e. The maximum Gasteiger partial charge on any atom is 0.0864 e. The van der Waals surface area contributed by atoms with E-state index in [9.17, 15) is 0 Å². The van der Waals surface area contributed by atoms with Crippen LogP contribution in [-0.4, -0.2) is 37.0 Å². The molecular formula is C8H13N3. The van der Waals surface area contributed by atoms with Gasteiger partial charge in [0.1, 0.15) is 0 Å². The van der Waals surface area contributed by atoms with Crippen LogP contribution in [-0.2, 0) is 0 Å². The van der Waals surface area contributed by atoms with E-state index in [1.54, 1.807) is 0 Å². The smallest absolute Gasteiger partial charge is 0.0864 e. The summed E-state index contributed by atoms with van der Waals surface area (Å²) in [5.74, 6) is 0. The Balaban J connectivity index is 2.02. The van der Waals surface area contributed by atoms with Crippen LogP contribution >= 0.6 is 0 Å². The fraction of sp³-hybridized carbons (Fsp3) is 0.625. The molecule has 0 amide bonds. The Bertz CT molecular complexity index is 186. The summed E-state index contributed by atoms with van der Waals surface area (Å²) in [4.78, 5) is 6.51. The van der Waals surface area contributed by atoms with E-state index in [1.165, 1.54) is 0 Å². The monoisotopic (exact) mass is 151 g/mol. The quantitative estimate of drug-likeness (QED) is 0.501. The van der Waals surface area contributed by atoms with Crippen molar-refractivity contribution in [1.82, 2.24) is 10.2 Å². The van der Waals surface area contributed by atoms with Gasteiger partial charge in [-0.2, -0.15) is 0 Å². The van der Waals surface area contributed by atoms with E-state index in [1.807, 2.05) is 6.34 Å². The van der Waals surface area contributed by atoms with Gasteiger partial charge < -0.3 is 4.90 Å². The van der Waals surface area contributed by atoms with Gasteiger partial charge in [0, 0.05) is 6.54 Å². The number of nitrogens with one attached hydrogen (secondary N) is 1. The minimum atomic E-state index is 0.610. The molecule has 0 aromatic heterocycles. The van der Waals surface area contributed by atoms with Crippen molar-refractivity contribution in [2.45, 2.75) is 12.5 Å². The van der Waals surface area contributed by atoms with E-state index in [0.717, 1.165) is 26.2 Å². The normalized spacial score (nSPS) is 32.7. The molecule has 0 radical (unpaired) electrons. The molecule has 3 heteroatoms. The van der Waals surface area contributed by atoms with Crippen molar-refractivity contribution >= 4 is 6.34 Å². The molecule has 0 aromatic rings. The fourth-order valence-electron chi connectivity index (χ4n) is 1.47. The van der Waals surface area contributed by atoms with E-state index in [0.29, 0.717) is 6.04 Å². The van der Waals surface area contributed by atoms with Gasteiger partial charge >= 0.3 is 0 Å². The van der Waals surface area contributed by atoms with Crippen molar-refractivity contribution in [2.75, 3.05) is 19.8 Å². The number of aliphatic imine (C=N–C) groups is 1. The first-order valence-electron chi connectivity index (χ1n) is 4.08. The molecule has 2 aliphatic heterocycles. The maximum absolute atomic E-state index is 4.24. The number of rotatable bonds is 0. The first kappa shape index (κ1) is 6.85. The Kier molecular flexibility index (Phi) is 1.90. The Morgan fingerprint density at radius 2 is 2.45 bits per heavy atom. The first-order valence-corrected chi connectivity index (χ1v) is 4.08. The Morgan fingerprint density at radius 3 is 3.45 bits per heavy atom. The molecule has 0 aliphatic carbocycles. The van der Waals surface area contributed by atoms with Crippen molar-refractivity contribution in [2.24, 2.45) is 4.99 Å². The molecule has 2 aliphatic rings. The zero-order valence-corrected chi connectivity index (χ0v) is 6.53. The SMILES string of the molecule is C1=NCC2C/C=C\CNCN12. The maximum atomic E-state index is 4.24.